The summed E-state index contributed by atoms with van der Waals surface area (Å²) in [6.07, 6.45) is 1.10. The molecule has 0 heterocycles. The number of benzene rings is 1. The van der Waals surface area contributed by atoms with Crippen molar-refractivity contribution in [2.24, 2.45) is 0 Å². The molecule has 0 aliphatic carbocycles. The molecule has 0 spiro atoms. The highest BCUT2D eigenvalue weighted by Gasteiger charge is 2.15. The van der Waals surface area contributed by atoms with Gasteiger partial charge in [-0.2, -0.15) is 0 Å². The second-order valence-corrected chi connectivity index (χ2v) is 4.61. The summed E-state index contributed by atoms with van der Waals surface area (Å²) in [5.41, 5.74) is 0.850. The Labute approximate surface area is 119 Å². The van der Waals surface area contributed by atoms with E-state index in [2.05, 4.69) is 10.6 Å². The fourth-order valence-electron chi connectivity index (χ4n) is 1.73. The molecule has 20 heavy (non-hydrogen) atoms. The summed E-state index contributed by atoms with van der Waals surface area (Å²) in [6, 6.07) is 6.78. The van der Waals surface area contributed by atoms with E-state index in [1.807, 2.05) is 25.1 Å². The Hall–Kier alpha value is -2.04. The monoisotopic (exact) mass is 278 g/mol. The molecule has 1 atom stereocenters. The fraction of sp³-hybridized carbons (Fsp3) is 0.467. The molecule has 2 amide bonds. The third kappa shape index (κ3) is 5.30. The first kappa shape index (κ1) is 16.0. The van der Waals surface area contributed by atoms with E-state index in [4.69, 9.17) is 4.74 Å². The smallest absolute Gasteiger partial charge is 0.242 e. The summed E-state index contributed by atoms with van der Waals surface area (Å²) in [5.74, 6) is 0.368. The first-order valence-electron chi connectivity index (χ1n) is 6.76. The van der Waals surface area contributed by atoms with Crippen LogP contribution in [-0.2, 0) is 16.0 Å². The fourth-order valence-corrected chi connectivity index (χ4v) is 1.73. The number of carbonyl (C=O) groups excluding carboxylic acids is 2. The average molecular weight is 278 g/mol. The molecular weight excluding hydrogens is 256 g/mol. The van der Waals surface area contributed by atoms with Gasteiger partial charge in [-0.25, -0.2) is 0 Å². The molecule has 0 saturated carbocycles. The third-order valence-corrected chi connectivity index (χ3v) is 2.82. The van der Waals surface area contributed by atoms with Gasteiger partial charge in [0.1, 0.15) is 11.8 Å². The topological polar surface area (TPSA) is 67.4 Å². The van der Waals surface area contributed by atoms with Crippen molar-refractivity contribution in [1.29, 1.82) is 0 Å². The Morgan fingerprint density at radius 2 is 2.10 bits per heavy atom. The van der Waals surface area contributed by atoms with Gasteiger partial charge in [-0.15, -0.1) is 0 Å². The highest BCUT2D eigenvalue weighted by molar-refractivity contribution is 5.88. The lowest BCUT2D eigenvalue weighted by Gasteiger charge is -2.14. The van der Waals surface area contributed by atoms with Crippen molar-refractivity contribution in [2.45, 2.75) is 32.7 Å². The minimum atomic E-state index is -0.528. The Bertz CT molecular complexity index is 460. The standard InChI is InChI=1S/C15H22N2O3/c1-4-8-16-15(19)11(2)17-14(18)10-12-6-5-7-13(9-12)20-3/h5-7,9,11H,4,8,10H2,1-3H3,(H,16,19)(H,17,18). The van der Waals surface area contributed by atoms with Crippen LogP contribution in [0.3, 0.4) is 0 Å². The molecule has 5 heteroatoms. The van der Waals surface area contributed by atoms with Gasteiger partial charge in [0.05, 0.1) is 13.5 Å². The quantitative estimate of drug-likeness (QED) is 0.789. The van der Waals surface area contributed by atoms with Crippen LogP contribution in [0.5, 0.6) is 5.75 Å². The van der Waals surface area contributed by atoms with Crippen molar-refractivity contribution in [3.63, 3.8) is 0 Å². The number of methoxy groups -OCH3 is 1. The molecule has 0 radical (unpaired) electrons. The van der Waals surface area contributed by atoms with Crippen LogP contribution in [0.1, 0.15) is 25.8 Å². The zero-order valence-corrected chi connectivity index (χ0v) is 12.2. The summed E-state index contributed by atoms with van der Waals surface area (Å²) in [6.45, 7) is 4.27. The van der Waals surface area contributed by atoms with Crippen molar-refractivity contribution >= 4 is 11.8 Å². The Morgan fingerprint density at radius 3 is 2.75 bits per heavy atom. The maximum atomic E-state index is 11.9. The van der Waals surface area contributed by atoms with Crippen LogP contribution in [0.4, 0.5) is 0 Å². The molecule has 0 fully saturated rings. The summed E-state index contributed by atoms with van der Waals surface area (Å²) in [7, 11) is 1.58. The number of hydrogen-bond acceptors (Lipinski definition) is 3. The largest absolute Gasteiger partial charge is 0.497 e. The lowest BCUT2D eigenvalue weighted by atomic mass is 10.1. The van der Waals surface area contributed by atoms with Gasteiger partial charge in [0.2, 0.25) is 11.8 Å². The highest BCUT2D eigenvalue weighted by Crippen LogP contribution is 2.12. The molecule has 110 valence electrons. The summed E-state index contributed by atoms with van der Waals surface area (Å²) in [4.78, 5) is 23.5. The average Bonchev–Trinajstić information content (AvgIpc) is 2.44. The van der Waals surface area contributed by atoms with Crippen LogP contribution in [0.2, 0.25) is 0 Å². The van der Waals surface area contributed by atoms with Crippen LogP contribution >= 0.6 is 0 Å². The highest BCUT2D eigenvalue weighted by atomic mass is 16.5. The van der Waals surface area contributed by atoms with Gasteiger partial charge in [0.15, 0.2) is 0 Å². The van der Waals surface area contributed by atoms with E-state index in [1.165, 1.54) is 0 Å². The van der Waals surface area contributed by atoms with Crippen LogP contribution in [-0.4, -0.2) is 31.5 Å². The Balaban J connectivity index is 2.48. The van der Waals surface area contributed by atoms with E-state index in [1.54, 1.807) is 20.1 Å². The van der Waals surface area contributed by atoms with Gasteiger partial charge < -0.3 is 15.4 Å². The van der Waals surface area contributed by atoms with Crippen molar-refractivity contribution < 1.29 is 14.3 Å². The number of amides is 2. The van der Waals surface area contributed by atoms with Crippen molar-refractivity contribution in [3.8, 4) is 5.75 Å². The van der Waals surface area contributed by atoms with Gasteiger partial charge >= 0.3 is 0 Å². The van der Waals surface area contributed by atoms with E-state index < -0.39 is 6.04 Å². The van der Waals surface area contributed by atoms with Gasteiger partial charge in [-0.3, -0.25) is 9.59 Å². The Morgan fingerprint density at radius 1 is 1.35 bits per heavy atom. The normalized spacial score (nSPS) is 11.6. The SMILES string of the molecule is CCCNC(=O)C(C)NC(=O)Cc1cccc(OC)c1. The van der Waals surface area contributed by atoms with Gasteiger partial charge in [0, 0.05) is 6.54 Å². The summed E-state index contributed by atoms with van der Waals surface area (Å²) < 4.78 is 5.10. The lowest BCUT2D eigenvalue weighted by Crippen LogP contribution is -2.45. The van der Waals surface area contributed by atoms with Gasteiger partial charge in [-0.05, 0) is 31.0 Å². The lowest BCUT2D eigenvalue weighted by molar-refractivity contribution is -0.128. The second kappa shape index (κ2) is 8.19. The minimum absolute atomic E-state index is 0.161. The molecule has 1 aromatic carbocycles. The first-order valence-corrected chi connectivity index (χ1v) is 6.76. The molecule has 0 saturated heterocycles. The Kier molecular flexibility index (Phi) is 6.56. The van der Waals surface area contributed by atoms with E-state index in [9.17, 15) is 9.59 Å². The molecule has 1 unspecified atom stereocenters. The van der Waals surface area contributed by atoms with E-state index in [0.29, 0.717) is 12.3 Å². The van der Waals surface area contributed by atoms with Crippen LogP contribution in [0.25, 0.3) is 0 Å². The van der Waals surface area contributed by atoms with Gasteiger partial charge in [0.25, 0.3) is 0 Å². The van der Waals surface area contributed by atoms with Crippen molar-refractivity contribution in [2.75, 3.05) is 13.7 Å². The van der Waals surface area contributed by atoms with E-state index >= 15 is 0 Å². The number of nitrogens with one attached hydrogen (secondary N) is 2. The number of rotatable bonds is 7. The predicted octanol–water partition coefficient (Wildman–Crippen LogP) is 1.27. The summed E-state index contributed by atoms with van der Waals surface area (Å²) in [5, 5.41) is 5.43. The van der Waals surface area contributed by atoms with Crippen LogP contribution < -0.4 is 15.4 Å². The maximum absolute atomic E-state index is 11.9. The van der Waals surface area contributed by atoms with Crippen molar-refractivity contribution in [1.82, 2.24) is 10.6 Å². The molecule has 0 aliphatic rings. The second-order valence-electron chi connectivity index (χ2n) is 4.61. The van der Waals surface area contributed by atoms with E-state index in [-0.39, 0.29) is 18.2 Å². The summed E-state index contributed by atoms with van der Waals surface area (Å²) >= 11 is 0. The number of hydrogen-bond donors (Lipinski definition) is 2. The zero-order valence-electron chi connectivity index (χ0n) is 12.2. The number of ether oxygens (including phenoxy) is 1. The van der Waals surface area contributed by atoms with Crippen molar-refractivity contribution in [3.05, 3.63) is 29.8 Å². The zero-order chi connectivity index (χ0) is 15.0. The van der Waals surface area contributed by atoms with E-state index in [0.717, 1.165) is 12.0 Å². The van der Waals surface area contributed by atoms with Crippen LogP contribution in [0, 0.1) is 0 Å². The maximum Gasteiger partial charge on any atom is 0.242 e. The molecule has 1 aromatic rings. The minimum Gasteiger partial charge on any atom is -0.497 e. The molecule has 2 N–H and O–H groups in total. The molecule has 5 nitrogen and oxygen atoms in total. The number of carbonyl (C=O) groups is 2. The predicted molar refractivity (Wildman–Crippen MR) is 77.6 cm³/mol. The molecule has 0 aliphatic heterocycles. The first-order chi connectivity index (χ1) is 9.56. The molecule has 0 aromatic heterocycles. The van der Waals surface area contributed by atoms with Gasteiger partial charge in [-0.1, -0.05) is 19.1 Å². The third-order valence-electron chi connectivity index (χ3n) is 2.82. The molecule has 1 rings (SSSR count). The molecular formula is C15H22N2O3. The molecule has 0 bridgehead atoms. The van der Waals surface area contributed by atoms with Crippen LogP contribution in [0.15, 0.2) is 24.3 Å².